The van der Waals surface area contributed by atoms with Gasteiger partial charge in [0.05, 0.1) is 26.3 Å². The quantitative estimate of drug-likeness (QED) is 0.622. The number of carbonyl (C=O) groups excluding carboxylic acids is 2. The molecular weight excluding hydrogens is 399 g/mol. The molecule has 0 saturated carbocycles. The third-order valence-corrected chi connectivity index (χ3v) is 7.01. The van der Waals surface area contributed by atoms with E-state index in [1.54, 1.807) is 19.1 Å². The SMILES string of the molecule is CC(=O)N1CCC(CC(=O)N2CC3(CC(CCOCc4ccccc4F)CO3)C2)CC1. The number of nitrogens with zero attached hydrogens (tertiary/aromatic N) is 2. The Hall–Kier alpha value is -1.99. The van der Waals surface area contributed by atoms with Crippen molar-refractivity contribution in [3.8, 4) is 0 Å². The van der Waals surface area contributed by atoms with Crippen LogP contribution in [0.4, 0.5) is 4.39 Å². The van der Waals surface area contributed by atoms with Crippen molar-refractivity contribution >= 4 is 11.8 Å². The van der Waals surface area contributed by atoms with E-state index in [1.807, 2.05) is 15.9 Å². The second-order valence-electron chi connectivity index (χ2n) is 9.40. The summed E-state index contributed by atoms with van der Waals surface area (Å²) in [7, 11) is 0. The average Bonchev–Trinajstić information content (AvgIpc) is 3.16. The van der Waals surface area contributed by atoms with E-state index in [2.05, 4.69) is 0 Å². The van der Waals surface area contributed by atoms with Crippen LogP contribution in [-0.2, 0) is 25.7 Å². The molecule has 3 fully saturated rings. The van der Waals surface area contributed by atoms with E-state index in [0.29, 0.717) is 56.7 Å². The number of amides is 2. The van der Waals surface area contributed by atoms with Gasteiger partial charge in [-0.1, -0.05) is 18.2 Å². The van der Waals surface area contributed by atoms with Crippen molar-refractivity contribution in [1.82, 2.24) is 9.80 Å². The Morgan fingerprint density at radius 2 is 1.90 bits per heavy atom. The number of likely N-dealkylation sites (tertiary alicyclic amines) is 2. The van der Waals surface area contributed by atoms with E-state index in [4.69, 9.17) is 9.47 Å². The summed E-state index contributed by atoms with van der Waals surface area (Å²) in [6.45, 7) is 6.08. The molecule has 1 atom stereocenters. The second kappa shape index (κ2) is 9.65. The molecule has 3 aliphatic heterocycles. The molecule has 0 aliphatic carbocycles. The van der Waals surface area contributed by atoms with Crippen LogP contribution in [0.5, 0.6) is 0 Å². The van der Waals surface area contributed by atoms with Crippen LogP contribution in [0.15, 0.2) is 24.3 Å². The van der Waals surface area contributed by atoms with Gasteiger partial charge in [0, 0.05) is 38.6 Å². The monoisotopic (exact) mass is 432 g/mol. The summed E-state index contributed by atoms with van der Waals surface area (Å²) in [6, 6.07) is 6.69. The van der Waals surface area contributed by atoms with E-state index < -0.39 is 0 Å². The van der Waals surface area contributed by atoms with E-state index in [1.165, 1.54) is 6.07 Å². The number of rotatable bonds is 7. The lowest BCUT2D eigenvalue weighted by atomic mass is 9.85. The molecule has 7 heteroatoms. The summed E-state index contributed by atoms with van der Waals surface area (Å²) in [5, 5.41) is 0. The van der Waals surface area contributed by atoms with Crippen LogP contribution in [0.25, 0.3) is 0 Å². The maximum atomic E-state index is 13.6. The highest BCUT2D eigenvalue weighted by Gasteiger charge is 2.51. The largest absolute Gasteiger partial charge is 0.377 e. The molecule has 3 heterocycles. The van der Waals surface area contributed by atoms with Crippen molar-refractivity contribution < 1.29 is 23.5 Å². The van der Waals surface area contributed by atoms with E-state index in [-0.39, 0.29) is 23.2 Å². The van der Waals surface area contributed by atoms with Gasteiger partial charge in [0.2, 0.25) is 11.8 Å². The van der Waals surface area contributed by atoms with Gasteiger partial charge in [0.25, 0.3) is 0 Å². The zero-order valence-electron chi connectivity index (χ0n) is 18.4. The third-order valence-electron chi connectivity index (χ3n) is 7.01. The van der Waals surface area contributed by atoms with Crippen LogP contribution in [0.2, 0.25) is 0 Å². The van der Waals surface area contributed by atoms with Crippen molar-refractivity contribution in [2.45, 2.75) is 51.2 Å². The zero-order valence-corrected chi connectivity index (χ0v) is 18.4. The number of ether oxygens (including phenoxy) is 2. The summed E-state index contributed by atoms with van der Waals surface area (Å²) in [6.07, 6.45) is 4.25. The Morgan fingerprint density at radius 1 is 1.16 bits per heavy atom. The lowest BCUT2D eigenvalue weighted by Crippen LogP contribution is -2.63. The van der Waals surface area contributed by atoms with E-state index >= 15 is 0 Å². The molecular formula is C24H33FN2O4. The van der Waals surface area contributed by atoms with Crippen LogP contribution in [0, 0.1) is 17.7 Å². The molecule has 2 amide bonds. The summed E-state index contributed by atoms with van der Waals surface area (Å²) >= 11 is 0. The number of benzene rings is 1. The Balaban J connectivity index is 1.12. The normalized spacial score (nSPS) is 23.2. The van der Waals surface area contributed by atoms with Gasteiger partial charge in [0.15, 0.2) is 0 Å². The van der Waals surface area contributed by atoms with Gasteiger partial charge in [-0.3, -0.25) is 9.59 Å². The lowest BCUT2D eigenvalue weighted by Gasteiger charge is -2.47. The predicted octanol–water partition coefficient (Wildman–Crippen LogP) is 3.00. The minimum atomic E-state index is -0.228. The van der Waals surface area contributed by atoms with Crippen LogP contribution >= 0.6 is 0 Å². The first-order valence-electron chi connectivity index (χ1n) is 11.4. The van der Waals surface area contributed by atoms with Crippen molar-refractivity contribution in [1.29, 1.82) is 0 Å². The van der Waals surface area contributed by atoms with Gasteiger partial charge in [-0.2, -0.15) is 0 Å². The molecule has 0 radical (unpaired) electrons. The first kappa shape index (κ1) is 22.2. The molecule has 1 aromatic carbocycles. The van der Waals surface area contributed by atoms with Crippen molar-refractivity contribution in [3.63, 3.8) is 0 Å². The van der Waals surface area contributed by atoms with Crippen LogP contribution < -0.4 is 0 Å². The first-order chi connectivity index (χ1) is 14.9. The van der Waals surface area contributed by atoms with Crippen LogP contribution in [0.3, 0.4) is 0 Å². The molecule has 31 heavy (non-hydrogen) atoms. The highest BCUT2D eigenvalue weighted by molar-refractivity contribution is 5.78. The van der Waals surface area contributed by atoms with Crippen molar-refractivity contribution in [3.05, 3.63) is 35.6 Å². The molecule has 0 bridgehead atoms. The number of hydrogen-bond donors (Lipinski definition) is 0. The van der Waals surface area contributed by atoms with Gasteiger partial charge in [0.1, 0.15) is 11.4 Å². The van der Waals surface area contributed by atoms with Crippen LogP contribution in [-0.4, -0.2) is 66.6 Å². The zero-order chi connectivity index (χ0) is 21.8. The van der Waals surface area contributed by atoms with Gasteiger partial charge < -0.3 is 19.3 Å². The average molecular weight is 433 g/mol. The molecule has 1 aromatic rings. The minimum Gasteiger partial charge on any atom is -0.377 e. The number of carbonyl (C=O) groups is 2. The maximum absolute atomic E-state index is 13.6. The highest BCUT2D eigenvalue weighted by atomic mass is 19.1. The molecule has 0 aromatic heterocycles. The molecule has 4 rings (SSSR count). The number of piperidine rings is 1. The van der Waals surface area contributed by atoms with E-state index in [9.17, 15) is 14.0 Å². The third kappa shape index (κ3) is 5.44. The molecule has 1 spiro atoms. The standard InChI is InChI=1S/C24H33FN2O4/c1-18(28)26-9-6-19(7-10-26)12-23(29)27-16-24(17-27)13-20(14-31-24)8-11-30-15-21-4-2-3-5-22(21)25/h2-5,19-20H,6-17H2,1H3. The fraction of sp³-hybridized carbons (Fsp3) is 0.667. The van der Waals surface area contributed by atoms with Gasteiger partial charge in [-0.25, -0.2) is 4.39 Å². The topological polar surface area (TPSA) is 59.1 Å². The lowest BCUT2D eigenvalue weighted by molar-refractivity contribution is -0.159. The number of halogens is 1. The Bertz CT molecular complexity index is 788. The molecule has 3 saturated heterocycles. The minimum absolute atomic E-state index is 0.125. The Labute approximate surface area is 183 Å². The van der Waals surface area contributed by atoms with Gasteiger partial charge in [-0.05, 0) is 43.6 Å². The summed E-state index contributed by atoms with van der Waals surface area (Å²) < 4.78 is 25.4. The molecule has 6 nitrogen and oxygen atoms in total. The second-order valence-corrected chi connectivity index (χ2v) is 9.40. The molecule has 3 aliphatic rings. The Kier molecular flexibility index (Phi) is 6.92. The first-order valence-corrected chi connectivity index (χ1v) is 11.4. The fourth-order valence-electron chi connectivity index (χ4n) is 5.05. The van der Waals surface area contributed by atoms with E-state index in [0.717, 1.165) is 38.8 Å². The number of hydrogen-bond acceptors (Lipinski definition) is 4. The fourth-order valence-corrected chi connectivity index (χ4v) is 5.05. The summed E-state index contributed by atoms with van der Waals surface area (Å²) in [4.78, 5) is 27.9. The van der Waals surface area contributed by atoms with Crippen molar-refractivity contribution in [2.75, 3.05) is 39.4 Å². The summed E-state index contributed by atoms with van der Waals surface area (Å²) in [5.74, 6) is 0.916. The summed E-state index contributed by atoms with van der Waals surface area (Å²) in [5.41, 5.74) is 0.408. The smallest absolute Gasteiger partial charge is 0.223 e. The van der Waals surface area contributed by atoms with Gasteiger partial charge in [-0.15, -0.1) is 0 Å². The molecule has 0 N–H and O–H groups in total. The van der Waals surface area contributed by atoms with Crippen LogP contribution in [0.1, 0.15) is 44.6 Å². The predicted molar refractivity (Wildman–Crippen MR) is 114 cm³/mol. The van der Waals surface area contributed by atoms with Gasteiger partial charge >= 0.3 is 0 Å². The van der Waals surface area contributed by atoms with Crippen molar-refractivity contribution in [2.24, 2.45) is 11.8 Å². The molecule has 1 unspecified atom stereocenters. The maximum Gasteiger partial charge on any atom is 0.223 e. The highest BCUT2D eigenvalue weighted by Crippen LogP contribution is 2.39. The Morgan fingerprint density at radius 3 is 2.61 bits per heavy atom. The molecule has 170 valence electrons.